The van der Waals surface area contributed by atoms with Gasteiger partial charge in [-0.15, -0.1) is 0 Å². The maximum atomic E-state index is 9.90. The van der Waals surface area contributed by atoms with Crippen LogP contribution in [0.15, 0.2) is 40.4 Å². The second kappa shape index (κ2) is 9.23. The number of benzene rings is 1. The van der Waals surface area contributed by atoms with E-state index in [2.05, 4.69) is 27.3 Å². The van der Waals surface area contributed by atoms with Crippen molar-refractivity contribution in [3.8, 4) is 5.75 Å². The minimum atomic E-state index is -0.482. The molecule has 1 unspecified atom stereocenters. The van der Waals surface area contributed by atoms with Crippen LogP contribution in [-0.2, 0) is 0 Å². The fourth-order valence-electron chi connectivity index (χ4n) is 2.46. The number of halogens is 1. The molecule has 0 radical (unpaired) electrons. The van der Waals surface area contributed by atoms with Gasteiger partial charge in [-0.1, -0.05) is 33.6 Å². The molecule has 1 aromatic carbocycles. The first-order chi connectivity index (χ1) is 10.2. The molecule has 0 saturated carbocycles. The average molecular weight is 354 g/mol. The summed E-state index contributed by atoms with van der Waals surface area (Å²) >= 11 is 3.40. The predicted octanol–water partition coefficient (Wildman–Crippen LogP) is 3.67. The van der Waals surface area contributed by atoms with Crippen molar-refractivity contribution in [3.05, 3.63) is 40.4 Å². The zero-order valence-electron chi connectivity index (χ0n) is 12.4. The fourth-order valence-corrected chi connectivity index (χ4v) is 2.84. The van der Waals surface area contributed by atoms with Gasteiger partial charge >= 0.3 is 0 Å². The number of hydrogen-bond acceptors (Lipinski definition) is 3. The topological polar surface area (TPSA) is 41.5 Å². The third-order valence-electron chi connectivity index (χ3n) is 3.63. The number of ether oxygens (including phenoxy) is 1. The lowest BCUT2D eigenvalue weighted by Gasteiger charge is -2.15. The maximum absolute atomic E-state index is 9.90. The van der Waals surface area contributed by atoms with Crippen molar-refractivity contribution in [2.45, 2.75) is 38.2 Å². The highest BCUT2D eigenvalue weighted by atomic mass is 79.9. The number of nitrogens with one attached hydrogen (secondary N) is 1. The molecule has 0 bridgehead atoms. The van der Waals surface area contributed by atoms with Crippen molar-refractivity contribution in [1.82, 2.24) is 5.32 Å². The lowest BCUT2D eigenvalue weighted by Crippen LogP contribution is -2.32. The van der Waals surface area contributed by atoms with Crippen molar-refractivity contribution < 1.29 is 9.84 Å². The Bertz CT molecular complexity index is 462. The van der Waals surface area contributed by atoms with E-state index < -0.39 is 6.10 Å². The van der Waals surface area contributed by atoms with E-state index in [1.165, 1.54) is 25.7 Å². The zero-order chi connectivity index (χ0) is 14.9. The van der Waals surface area contributed by atoms with Crippen molar-refractivity contribution in [2.24, 2.45) is 0 Å². The van der Waals surface area contributed by atoms with Gasteiger partial charge in [-0.25, -0.2) is 0 Å². The largest absolute Gasteiger partial charge is 0.491 e. The molecule has 0 heterocycles. The van der Waals surface area contributed by atoms with Crippen LogP contribution in [0.2, 0.25) is 0 Å². The molecule has 21 heavy (non-hydrogen) atoms. The summed E-state index contributed by atoms with van der Waals surface area (Å²) in [4.78, 5) is 0. The quantitative estimate of drug-likeness (QED) is 0.553. The number of rotatable bonds is 8. The molecule has 1 aromatic rings. The van der Waals surface area contributed by atoms with Crippen LogP contribution in [-0.4, -0.2) is 30.9 Å². The molecule has 0 aliphatic heterocycles. The summed E-state index contributed by atoms with van der Waals surface area (Å²) in [5, 5.41) is 13.2. The third kappa shape index (κ3) is 6.64. The van der Waals surface area contributed by atoms with E-state index in [1.54, 1.807) is 5.57 Å². The van der Waals surface area contributed by atoms with Crippen LogP contribution in [0.4, 0.5) is 0 Å². The van der Waals surface area contributed by atoms with Crippen LogP contribution in [0.25, 0.3) is 0 Å². The number of aliphatic hydroxyl groups is 1. The average Bonchev–Trinajstić information content (AvgIpc) is 2.51. The highest BCUT2D eigenvalue weighted by molar-refractivity contribution is 9.10. The van der Waals surface area contributed by atoms with Gasteiger partial charge in [0, 0.05) is 11.0 Å². The van der Waals surface area contributed by atoms with Gasteiger partial charge in [0.05, 0.1) is 0 Å². The van der Waals surface area contributed by atoms with Gasteiger partial charge in [-0.2, -0.15) is 0 Å². The summed E-state index contributed by atoms with van der Waals surface area (Å²) in [6, 6.07) is 7.66. The van der Waals surface area contributed by atoms with Gasteiger partial charge in [-0.05, 0) is 56.8 Å². The van der Waals surface area contributed by atoms with Gasteiger partial charge in [0.15, 0.2) is 0 Å². The van der Waals surface area contributed by atoms with E-state index in [-0.39, 0.29) is 0 Å². The molecule has 1 aliphatic rings. The summed E-state index contributed by atoms with van der Waals surface area (Å²) in [6.45, 7) is 1.81. The van der Waals surface area contributed by atoms with Gasteiger partial charge in [0.2, 0.25) is 0 Å². The van der Waals surface area contributed by atoms with Crippen LogP contribution < -0.4 is 10.1 Å². The second-order valence-corrected chi connectivity index (χ2v) is 6.40. The predicted molar refractivity (Wildman–Crippen MR) is 89.7 cm³/mol. The van der Waals surface area contributed by atoms with E-state index in [0.29, 0.717) is 13.2 Å². The molecule has 116 valence electrons. The summed E-state index contributed by atoms with van der Waals surface area (Å²) in [5.41, 5.74) is 1.56. The molecule has 1 atom stereocenters. The van der Waals surface area contributed by atoms with Crippen molar-refractivity contribution in [2.75, 3.05) is 19.7 Å². The van der Waals surface area contributed by atoms with E-state index in [4.69, 9.17) is 4.74 Å². The maximum Gasteiger partial charge on any atom is 0.120 e. The summed E-state index contributed by atoms with van der Waals surface area (Å²) in [5.74, 6) is 0.774. The van der Waals surface area contributed by atoms with Gasteiger partial charge in [0.1, 0.15) is 18.5 Å². The minimum Gasteiger partial charge on any atom is -0.491 e. The smallest absolute Gasteiger partial charge is 0.120 e. The molecular weight excluding hydrogens is 330 g/mol. The normalized spacial score (nSPS) is 16.4. The van der Waals surface area contributed by atoms with Crippen LogP contribution in [0.5, 0.6) is 5.75 Å². The first kappa shape index (κ1) is 16.5. The molecule has 2 N–H and O–H groups in total. The highest BCUT2D eigenvalue weighted by Crippen LogP contribution is 2.19. The first-order valence-electron chi connectivity index (χ1n) is 7.69. The van der Waals surface area contributed by atoms with Gasteiger partial charge < -0.3 is 15.2 Å². The molecule has 2 rings (SSSR count). The Hall–Kier alpha value is -0.840. The van der Waals surface area contributed by atoms with Crippen molar-refractivity contribution in [3.63, 3.8) is 0 Å². The summed E-state index contributed by atoms with van der Waals surface area (Å²) < 4.78 is 6.54. The van der Waals surface area contributed by atoms with Gasteiger partial charge in [-0.3, -0.25) is 0 Å². The molecule has 3 nitrogen and oxygen atoms in total. The SMILES string of the molecule is OC(CNCCC1=CCCCC1)COc1cccc(Br)c1. The lowest BCUT2D eigenvalue weighted by atomic mass is 9.97. The fraction of sp³-hybridized carbons (Fsp3) is 0.529. The standard InChI is InChI=1S/C17H24BrNO2/c18-15-7-4-8-17(11-15)21-13-16(20)12-19-10-9-14-5-2-1-3-6-14/h4-5,7-8,11,16,19-20H,1-3,6,9-10,12-13H2. The van der Waals surface area contributed by atoms with E-state index in [0.717, 1.165) is 23.2 Å². The number of aliphatic hydroxyl groups excluding tert-OH is 1. The Labute approximate surface area is 135 Å². The molecular formula is C17H24BrNO2. The Balaban J connectivity index is 1.57. The number of allylic oxidation sites excluding steroid dienone is 1. The Morgan fingerprint density at radius 3 is 3.00 bits per heavy atom. The molecule has 1 aliphatic carbocycles. The third-order valence-corrected chi connectivity index (χ3v) is 4.12. The van der Waals surface area contributed by atoms with Gasteiger partial charge in [0.25, 0.3) is 0 Å². The molecule has 0 amide bonds. The minimum absolute atomic E-state index is 0.312. The van der Waals surface area contributed by atoms with E-state index in [9.17, 15) is 5.11 Å². The molecule has 0 aromatic heterocycles. The zero-order valence-corrected chi connectivity index (χ0v) is 13.9. The molecule has 0 spiro atoms. The summed E-state index contributed by atoms with van der Waals surface area (Å²) in [7, 11) is 0. The Morgan fingerprint density at radius 2 is 2.24 bits per heavy atom. The highest BCUT2D eigenvalue weighted by Gasteiger charge is 2.06. The van der Waals surface area contributed by atoms with E-state index >= 15 is 0 Å². The molecule has 0 fully saturated rings. The lowest BCUT2D eigenvalue weighted by molar-refractivity contribution is 0.106. The van der Waals surface area contributed by atoms with Crippen LogP contribution in [0.3, 0.4) is 0 Å². The van der Waals surface area contributed by atoms with Crippen molar-refractivity contribution >= 4 is 15.9 Å². The Kier molecular flexibility index (Phi) is 7.27. The second-order valence-electron chi connectivity index (χ2n) is 5.48. The van der Waals surface area contributed by atoms with Crippen LogP contribution in [0, 0.1) is 0 Å². The summed E-state index contributed by atoms with van der Waals surface area (Å²) in [6.07, 6.45) is 8.13. The van der Waals surface area contributed by atoms with Crippen LogP contribution >= 0.6 is 15.9 Å². The number of hydrogen-bond donors (Lipinski definition) is 2. The monoisotopic (exact) mass is 353 g/mol. The van der Waals surface area contributed by atoms with Crippen molar-refractivity contribution in [1.29, 1.82) is 0 Å². The van der Waals surface area contributed by atoms with E-state index in [1.807, 2.05) is 24.3 Å². The molecule has 0 saturated heterocycles. The first-order valence-corrected chi connectivity index (χ1v) is 8.48. The molecule has 4 heteroatoms. The Morgan fingerprint density at radius 1 is 1.33 bits per heavy atom. The van der Waals surface area contributed by atoms with Crippen LogP contribution in [0.1, 0.15) is 32.1 Å².